The summed E-state index contributed by atoms with van der Waals surface area (Å²) in [5.41, 5.74) is 2.11. The summed E-state index contributed by atoms with van der Waals surface area (Å²) in [4.78, 5) is 131. The third kappa shape index (κ3) is 13.6. The van der Waals surface area contributed by atoms with Gasteiger partial charge < -0.3 is 51.4 Å². The molecule has 6 rings (SSSR count). The summed E-state index contributed by atoms with van der Waals surface area (Å²) in [6.07, 6.45) is 2.87. The van der Waals surface area contributed by atoms with Crippen molar-refractivity contribution < 1.29 is 62.5 Å². The van der Waals surface area contributed by atoms with E-state index in [0.29, 0.717) is 19.5 Å². The SMILES string of the molecule is CC(C)(C)OC(=O)N[C@H](C(=O)N1C[C@H]2[C@@H]([C@H]1C(=O)NC(CC1CC1)C(=O)C(=O)O)C2(C)C)C(C)(C)C.CC(C)(C)OC(=O)N[C@H](C(=O)N1C[C@H]2[C@@H]([C@H]1C(=O)NC(CC1CC1)C(=O)C(N)=O)C2(C)C)C(C)(C)C. The number of carbonyl (C=O) groups excluding carboxylic acids is 9. The first kappa shape index (κ1) is 57.6. The first-order valence-corrected chi connectivity index (χ1v) is 25.5. The number of nitrogens with zero attached hydrogens (tertiary/aromatic N) is 2. The quantitative estimate of drug-likeness (QED) is 0.119. The standard InChI is InChI=1S/C26H42N4O6.C26H41N3O7/c1-24(2,3)19(29-23(35)36-25(4,5)6)22(34)30-12-14-16(26(14,7)8)17(30)21(33)28-15(11-13-9-10-13)18(31)20(27)32;1-24(2,3)19(28-23(35)36-25(4,5)6)21(32)29-12-14-16(26(14,7)8)17(29)20(31)27-15(11-13-9-10-13)18(30)22(33)34/h13-17,19H,9-12H2,1-8H3,(H2,27,32)(H,28,33)(H,29,35);13-17,19H,9-12H2,1-8H3,(H,27,31)(H,28,35)(H,33,34)/t2*14-,15?,16-,17-,19+/m00/s1. The van der Waals surface area contributed by atoms with E-state index < -0.39 is 112 Å². The molecule has 0 bridgehead atoms. The molecular formula is C52H83N7O13. The molecule has 404 valence electrons. The van der Waals surface area contributed by atoms with Crippen molar-refractivity contribution >= 4 is 59.3 Å². The van der Waals surface area contributed by atoms with Crippen LogP contribution < -0.4 is 27.0 Å². The summed E-state index contributed by atoms with van der Waals surface area (Å²) in [5, 5.41) is 20.1. The molecule has 2 heterocycles. The lowest BCUT2D eigenvalue weighted by molar-refractivity contribution is -0.151. The summed E-state index contributed by atoms with van der Waals surface area (Å²) in [6.45, 7) is 30.3. The van der Waals surface area contributed by atoms with Crippen molar-refractivity contribution in [3.05, 3.63) is 0 Å². The fourth-order valence-corrected chi connectivity index (χ4v) is 10.8. The number of ether oxygens (including phenoxy) is 2. The van der Waals surface area contributed by atoms with E-state index in [4.69, 9.17) is 15.2 Å². The number of rotatable bonds is 16. The predicted molar refractivity (Wildman–Crippen MR) is 263 cm³/mol. The van der Waals surface area contributed by atoms with E-state index >= 15 is 0 Å². The van der Waals surface area contributed by atoms with E-state index in [0.717, 1.165) is 25.7 Å². The maximum absolute atomic E-state index is 13.8. The van der Waals surface area contributed by atoms with E-state index in [1.54, 1.807) is 41.5 Å². The van der Waals surface area contributed by atoms with Gasteiger partial charge in [0.1, 0.15) is 35.4 Å². The van der Waals surface area contributed by atoms with Crippen LogP contribution in [0, 0.1) is 57.2 Å². The van der Waals surface area contributed by atoms with Crippen LogP contribution in [0.15, 0.2) is 0 Å². The van der Waals surface area contributed by atoms with Gasteiger partial charge in [0.15, 0.2) is 0 Å². The summed E-state index contributed by atoms with van der Waals surface area (Å²) in [7, 11) is 0. The number of Topliss-reactive ketones (excluding diaryl/α,β-unsaturated/α-hetero) is 2. The maximum Gasteiger partial charge on any atom is 0.408 e. The first-order chi connectivity index (χ1) is 32.7. The van der Waals surface area contributed by atoms with Crippen molar-refractivity contribution in [2.24, 2.45) is 62.9 Å². The smallest absolute Gasteiger partial charge is 0.408 e. The van der Waals surface area contributed by atoms with Gasteiger partial charge in [-0.1, -0.05) is 94.9 Å². The Balaban J connectivity index is 0.000000267. The summed E-state index contributed by atoms with van der Waals surface area (Å²) in [5.74, 6) is -5.81. The Bertz CT molecular complexity index is 2040. The molecule has 2 saturated heterocycles. The van der Waals surface area contributed by atoms with Crippen LogP contribution in [0.4, 0.5) is 9.59 Å². The Morgan fingerprint density at radius 2 is 0.875 bits per heavy atom. The highest BCUT2D eigenvalue weighted by Crippen LogP contribution is 2.66. The number of primary amides is 1. The molecular weight excluding hydrogens is 931 g/mol. The minimum atomic E-state index is -1.58. The number of hydrogen-bond acceptors (Lipinski definition) is 12. The lowest BCUT2D eigenvalue weighted by Crippen LogP contribution is -2.60. The Hall–Kier alpha value is -5.30. The largest absolute Gasteiger partial charge is 0.475 e. The number of nitrogens with one attached hydrogen (secondary N) is 4. The minimum absolute atomic E-state index is 0.0890. The number of carboxylic acids is 1. The van der Waals surface area contributed by atoms with Gasteiger partial charge >= 0.3 is 18.2 Å². The predicted octanol–water partition coefficient (Wildman–Crippen LogP) is 4.10. The Morgan fingerprint density at radius 1 is 0.556 bits per heavy atom. The molecule has 0 spiro atoms. The highest BCUT2D eigenvalue weighted by Gasteiger charge is 2.71. The normalized spacial score (nSPS) is 26.3. The molecule has 4 aliphatic carbocycles. The maximum atomic E-state index is 13.8. The van der Waals surface area contributed by atoms with Crippen molar-refractivity contribution in [3.63, 3.8) is 0 Å². The number of ketones is 2. The van der Waals surface area contributed by atoms with Crippen LogP contribution in [-0.4, -0.2) is 135 Å². The molecule has 2 unspecified atom stereocenters. The molecule has 0 aromatic rings. The molecule has 72 heavy (non-hydrogen) atoms. The van der Waals surface area contributed by atoms with E-state index in [9.17, 15) is 53.1 Å². The summed E-state index contributed by atoms with van der Waals surface area (Å²) >= 11 is 0. The lowest BCUT2D eigenvalue weighted by Gasteiger charge is -2.38. The molecule has 6 aliphatic rings. The zero-order valence-corrected chi connectivity index (χ0v) is 45.4. The van der Waals surface area contributed by atoms with Crippen molar-refractivity contribution in [1.82, 2.24) is 31.1 Å². The number of fused-ring (bicyclic) bond motifs is 2. The number of amides is 7. The molecule has 0 radical (unpaired) electrons. The molecule has 0 aromatic heterocycles. The molecule has 10 atom stereocenters. The minimum Gasteiger partial charge on any atom is -0.475 e. The van der Waals surface area contributed by atoms with Gasteiger partial charge in [0.2, 0.25) is 29.4 Å². The van der Waals surface area contributed by atoms with Crippen LogP contribution in [0.1, 0.15) is 149 Å². The van der Waals surface area contributed by atoms with Crippen LogP contribution in [0.2, 0.25) is 0 Å². The molecule has 20 heteroatoms. The average Bonchev–Trinajstić information content (AvgIpc) is 4.19. The zero-order valence-electron chi connectivity index (χ0n) is 45.4. The van der Waals surface area contributed by atoms with Crippen molar-refractivity contribution in [1.29, 1.82) is 0 Å². The molecule has 0 aromatic carbocycles. The van der Waals surface area contributed by atoms with Gasteiger partial charge in [-0.3, -0.25) is 33.6 Å². The fourth-order valence-electron chi connectivity index (χ4n) is 10.8. The number of piperidine rings is 2. The number of alkyl carbamates (subject to hydrolysis) is 2. The van der Waals surface area contributed by atoms with Crippen LogP contribution in [-0.2, 0) is 47.8 Å². The molecule has 6 fully saturated rings. The second-order valence-corrected chi connectivity index (χ2v) is 26.5. The van der Waals surface area contributed by atoms with Crippen LogP contribution in [0.3, 0.4) is 0 Å². The number of carboxylic acid groups (broad SMARTS) is 1. The average molecular weight is 1010 g/mol. The number of likely N-dealkylation sites (tertiary alicyclic amines) is 2. The topological polar surface area (TPSA) is 290 Å². The third-order valence-corrected chi connectivity index (χ3v) is 15.3. The summed E-state index contributed by atoms with van der Waals surface area (Å²) < 4.78 is 10.7. The monoisotopic (exact) mass is 1010 g/mol. The van der Waals surface area contributed by atoms with E-state index in [1.807, 2.05) is 55.4 Å². The molecule has 7 N–H and O–H groups in total. The Morgan fingerprint density at radius 3 is 1.14 bits per heavy atom. The van der Waals surface area contributed by atoms with Crippen molar-refractivity contribution in [3.8, 4) is 0 Å². The van der Waals surface area contributed by atoms with Crippen molar-refractivity contribution in [2.75, 3.05) is 13.1 Å². The van der Waals surface area contributed by atoms with Gasteiger partial charge in [-0.2, -0.15) is 0 Å². The zero-order chi connectivity index (χ0) is 54.8. The van der Waals surface area contributed by atoms with Gasteiger partial charge in [0, 0.05) is 13.1 Å². The van der Waals surface area contributed by atoms with Gasteiger partial charge in [0.25, 0.3) is 11.7 Å². The van der Waals surface area contributed by atoms with Gasteiger partial charge in [-0.05, 0) is 112 Å². The highest BCUT2D eigenvalue weighted by atomic mass is 16.6. The molecule has 4 saturated carbocycles. The molecule has 7 amide bonds. The van der Waals surface area contributed by atoms with E-state index in [2.05, 4.69) is 35.1 Å². The van der Waals surface area contributed by atoms with Crippen LogP contribution in [0.5, 0.6) is 0 Å². The van der Waals surface area contributed by atoms with E-state index in [-0.39, 0.29) is 58.7 Å². The Labute approximate surface area is 424 Å². The Kier molecular flexibility index (Phi) is 16.2. The fraction of sp³-hybridized carbons (Fsp3) is 0.808. The molecule has 20 nitrogen and oxygen atoms in total. The van der Waals surface area contributed by atoms with Crippen LogP contribution >= 0.6 is 0 Å². The van der Waals surface area contributed by atoms with Crippen molar-refractivity contribution in [2.45, 2.75) is 197 Å². The van der Waals surface area contributed by atoms with Gasteiger partial charge in [-0.15, -0.1) is 0 Å². The number of nitrogens with two attached hydrogens (primary N) is 1. The lowest BCUT2D eigenvalue weighted by atomic mass is 9.85. The van der Waals surface area contributed by atoms with E-state index in [1.165, 1.54) is 9.80 Å². The highest BCUT2D eigenvalue weighted by molar-refractivity contribution is 6.38. The second kappa shape index (κ2) is 20.2. The first-order valence-electron chi connectivity index (χ1n) is 25.5. The number of hydrogen-bond donors (Lipinski definition) is 6. The summed E-state index contributed by atoms with van der Waals surface area (Å²) in [6, 6.07) is -5.68. The van der Waals surface area contributed by atoms with Gasteiger partial charge in [-0.25, -0.2) is 14.4 Å². The molecule has 2 aliphatic heterocycles. The third-order valence-electron chi connectivity index (χ3n) is 15.3. The van der Waals surface area contributed by atoms with Gasteiger partial charge in [0.05, 0.1) is 12.1 Å². The van der Waals surface area contributed by atoms with Crippen LogP contribution in [0.25, 0.3) is 0 Å². The number of aliphatic carboxylic acids is 1. The number of carbonyl (C=O) groups is 10. The second-order valence-electron chi connectivity index (χ2n) is 26.5.